The van der Waals surface area contributed by atoms with E-state index in [9.17, 15) is 14.7 Å². The normalized spacial score (nSPS) is 11.8. The molecule has 132 valence electrons. The van der Waals surface area contributed by atoms with Gasteiger partial charge in [-0.05, 0) is 36.6 Å². The average molecular weight is 342 g/mol. The van der Waals surface area contributed by atoms with Crippen molar-refractivity contribution in [2.45, 2.75) is 32.9 Å². The maximum absolute atomic E-state index is 12.3. The second-order valence-electron chi connectivity index (χ2n) is 6.17. The Balaban J connectivity index is 2.01. The Morgan fingerprint density at radius 1 is 1.24 bits per heavy atom. The number of nitrogens with one attached hydrogen (secondary N) is 1. The molecule has 6 heteroatoms. The van der Waals surface area contributed by atoms with Gasteiger partial charge >= 0.3 is 5.97 Å². The molecule has 25 heavy (non-hydrogen) atoms. The van der Waals surface area contributed by atoms with Crippen molar-refractivity contribution in [1.82, 2.24) is 10.3 Å². The van der Waals surface area contributed by atoms with Gasteiger partial charge in [-0.15, -0.1) is 0 Å². The minimum atomic E-state index is -1.04. The van der Waals surface area contributed by atoms with Crippen LogP contribution in [0.25, 0.3) is 0 Å². The fourth-order valence-electron chi connectivity index (χ4n) is 2.31. The van der Waals surface area contributed by atoms with E-state index in [4.69, 9.17) is 4.74 Å². The topological polar surface area (TPSA) is 88.5 Å². The Morgan fingerprint density at radius 3 is 2.68 bits per heavy atom. The molecule has 0 spiro atoms. The number of pyridine rings is 1. The van der Waals surface area contributed by atoms with Crippen LogP contribution in [0.15, 0.2) is 48.8 Å². The Hall–Kier alpha value is -2.89. The number of carboxylic acids is 1. The fourth-order valence-corrected chi connectivity index (χ4v) is 2.31. The van der Waals surface area contributed by atoms with Crippen LogP contribution in [0.2, 0.25) is 0 Å². The van der Waals surface area contributed by atoms with E-state index in [1.165, 1.54) is 0 Å². The molecule has 0 aliphatic heterocycles. The van der Waals surface area contributed by atoms with Crippen molar-refractivity contribution in [1.29, 1.82) is 0 Å². The first-order valence-corrected chi connectivity index (χ1v) is 8.11. The molecule has 0 saturated heterocycles. The molecule has 0 bridgehead atoms. The molecule has 0 saturated carbocycles. The van der Waals surface area contributed by atoms with Crippen molar-refractivity contribution < 1.29 is 19.4 Å². The zero-order chi connectivity index (χ0) is 18.2. The third-order valence-corrected chi connectivity index (χ3v) is 3.54. The lowest BCUT2D eigenvalue weighted by atomic mass is 10.0. The second-order valence-corrected chi connectivity index (χ2v) is 6.17. The number of hydrogen-bond donors (Lipinski definition) is 2. The fraction of sp³-hybridized carbons (Fsp3) is 0.316. The van der Waals surface area contributed by atoms with Crippen molar-refractivity contribution in [3.8, 4) is 5.75 Å². The van der Waals surface area contributed by atoms with E-state index in [2.05, 4.69) is 10.3 Å². The van der Waals surface area contributed by atoms with E-state index in [1.807, 2.05) is 26.0 Å². The highest BCUT2D eigenvalue weighted by molar-refractivity contribution is 5.96. The monoisotopic (exact) mass is 342 g/mol. The van der Waals surface area contributed by atoms with Crippen LogP contribution in [0.5, 0.6) is 5.75 Å². The second kappa shape index (κ2) is 8.82. The molecule has 1 unspecified atom stereocenters. The van der Waals surface area contributed by atoms with Gasteiger partial charge in [-0.1, -0.05) is 26.0 Å². The van der Waals surface area contributed by atoms with E-state index in [0.717, 1.165) is 5.56 Å². The van der Waals surface area contributed by atoms with Crippen LogP contribution in [0.3, 0.4) is 0 Å². The van der Waals surface area contributed by atoms with Crippen molar-refractivity contribution in [3.05, 3.63) is 59.9 Å². The van der Waals surface area contributed by atoms with Gasteiger partial charge in [0.2, 0.25) is 0 Å². The first kappa shape index (κ1) is 18.4. The maximum Gasteiger partial charge on any atom is 0.326 e. The quantitative estimate of drug-likeness (QED) is 0.770. The standard InChI is InChI=1S/C19H22N2O4/c1-13(2)9-17(19(23)24)21-18(22)15-6-3-7-16(10-15)25-12-14-5-4-8-20-11-14/h3-8,10-11,13,17H,9,12H2,1-2H3,(H,21,22)(H,23,24). The molecule has 0 fully saturated rings. The molecule has 0 aliphatic rings. The Kier molecular flexibility index (Phi) is 6.51. The lowest BCUT2D eigenvalue weighted by Crippen LogP contribution is -2.41. The number of hydrogen-bond acceptors (Lipinski definition) is 4. The minimum absolute atomic E-state index is 0.163. The van der Waals surface area contributed by atoms with Gasteiger partial charge in [0.05, 0.1) is 0 Å². The number of amides is 1. The van der Waals surface area contributed by atoms with Crippen LogP contribution < -0.4 is 10.1 Å². The molecule has 1 heterocycles. The van der Waals surface area contributed by atoms with E-state index in [0.29, 0.717) is 24.3 Å². The van der Waals surface area contributed by atoms with Gasteiger partial charge in [-0.3, -0.25) is 9.78 Å². The maximum atomic E-state index is 12.3. The average Bonchev–Trinajstić information content (AvgIpc) is 2.60. The van der Waals surface area contributed by atoms with Gasteiger partial charge in [0.25, 0.3) is 5.91 Å². The highest BCUT2D eigenvalue weighted by Crippen LogP contribution is 2.16. The molecule has 2 N–H and O–H groups in total. The Bertz CT molecular complexity index is 716. The highest BCUT2D eigenvalue weighted by Gasteiger charge is 2.21. The molecule has 1 aromatic carbocycles. The summed E-state index contributed by atoms with van der Waals surface area (Å²) < 4.78 is 5.66. The summed E-state index contributed by atoms with van der Waals surface area (Å²) in [5, 5.41) is 11.8. The van der Waals surface area contributed by atoms with Crippen LogP contribution in [0.1, 0.15) is 36.2 Å². The van der Waals surface area contributed by atoms with Gasteiger partial charge in [-0.25, -0.2) is 4.79 Å². The summed E-state index contributed by atoms with van der Waals surface area (Å²) in [6.45, 7) is 4.16. The molecule has 6 nitrogen and oxygen atoms in total. The number of carbonyl (C=O) groups excluding carboxylic acids is 1. The first-order chi connectivity index (χ1) is 12.0. The smallest absolute Gasteiger partial charge is 0.326 e. The minimum Gasteiger partial charge on any atom is -0.489 e. The molecule has 0 radical (unpaired) electrons. The number of aliphatic carboxylic acids is 1. The van der Waals surface area contributed by atoms with Gasteiger partial charge in [-0.2, -0.15) is 0 Å². The third kappa shape index (κ3) is 5.91. The molecule has 1 atom stereocenters. The lowest BCUT2D eigenvalue weighted by Gasteiger charge is -2.16. The third-order valence-electron chi connectivity index (χ3n) is 3.54. The molecular weight excluding hydrogens is 320 g/mol. The van der Waals surface area contributed by atoms with Gasteiger partial charge in [0.15, 0.2) is 0 Å². The van der Waals surface area contributed by atoms with Crippen molar-refractivity contribution in [3.63, 3.8) is 0 Å². The van der Waals surface area contributed by atoms with Crippen molar-refractivity contribution in [2.24, 2.45) is 5.92 Å². The van der Waals surface area contributed by atoms with E-state index >= 15 is 0 Å². The van der Waals surface area contributed by atoms with E-state index < -0.39 is 17.9 Å². The van der Waals surface area contributed by atoms with Crippen molar-refractivity contribution >= 4 is 11.9 Å². The number of rotatable bonds is 8. The number of aromatic nitrogens is 1. The van der Waals surface area contributed by atoms with Crippen molar-refractivity contribution in [2.75, 3.05) is 0 Å². The summed E-state index contributed by atoms with van der Waals surface area (Å²) in [7, 11) is 0. The van der Waals surface area contributed by atoms with Crippen LogP contribution in [0.4, 0.5) is 0 Å². The summed E-state index contributed by atoms with van der Waals surface area (Å²) in [5.41, 5.74) is 1.28. The molecule has 2 aromatic rings. The Morgan fingerprint density at radius 2 is 2.04 bits per heavy atom. The van der Waals surface area contributed by atoms with Crippen LogP contribution in [-0.2, 0) is 11.4 Å². The summed E-state index contributed by atoms with van der Waals surface area (Å²) in [6, 6.07) is 9.48. The number of carbonyl (C=O) groups is 2. The van der Waals surface area contributed by atoms with Crippen LogP contribution in [0, 0.1) is 5.92 Å². The lowest BCUT2D eigenvalue weighted by molar-refractivity contribution is -0.139. The van der Waals surface area contributed by atoms with E-state index in [1.54, 1.807) is 36.7 Å². The summed E-state index contributed by atoms with van der Waals surface area (Å²) in [6.07, 6.45) is 3.77. The highest BCUT2D eigenvalue weighted by atomic mass is 16.5. The number of ether oxygens (including phenoxy) is 1. The molecule has 0 aliphatic carbocycles. The molecule has 1 amide bonds. The number of nitrogens with zero attached hydrogens (tertiary/aromatic N) is 1. The predicted molar refractivity (Wildman–Crippen MR) is 93.4 cm³/mol. The van der Waals surface area contributed by atoms with Gasteiger partial charge in [0, 0.05) is 23.5 Å². The number of benzene rings is 1. The largest absolute Gasteiger partial charge is 0.489 e. The van der Waals surface area contributed by atoms with Gasteiger partial charge in [0.1, 0.15) is 18.4 Å². The molecular formula is C19H22N2O4. The zero-order valence-electron chi connectivity index (χ0n) is 14.3. The SMILES string of the molecule is CC(C)CC(NC(=O)c1cccc(OCc2cccnc2)c1)C(=O)O. The zero-order valence-corrected chi connectivity index (χ0v) is 14.3. The summed E-state index contributed by atoms with van der Waals surface area (Å²) in [5.74, 6) is -0.770. The predicted octanol–water partition coefficient (Wildman–Crippen LogP) is 2.89. The molecule has 1 aromatic heterocycles. The Labute approximate surface area is 146 Å². The summed E-state index contributed by atoms with van der Waals surface area (Å²) >= 11 is 0. The van der Waals surface area contributed by atoms with E-state index in [-0.39, 0.29) is 5.92 Å². The number of carboxylic acid groups (broad SMARTS) is 1. The van der Waals surface area contributed by atoms with Crippen LogP contribution in [-0.4, -0.2) is 28.0 Å². The van der Waals surface area contributed by atoms with Crippen LogP contribution >= 0.6 is 0 Å². The summed E-state index contributed by atoms with van der Waals surface area (Å²) in [4.78, 5) is 27.6. The first-order valence-electron chi connectivity index (χ1n) is 8.11. The van der Waals surface area contributed by atoms with Gasteiger partial charge < -0.3 is 15.2 Å². The molecule has 2 rings (SSSR count).